The molecule has 3 aromatic rings. The second-order valence-electron chi connectivity index (χ2n) is 8.02. The molecule has 1 fully saturated rings. The van der Waals surface area contributed by atoms with Gasteiger partial charge in [-0.2, -0.15) is 0 Å². The Labute approximate surface area is 183 Å². The van der Waals surface area contributed by atoms with Crippen molar-refractivity contribution in [1.29, 1.82) is 0 Å². The lowest BCUT2D eigenvalue weighted by Crippen LogP contribution is -2.33. The highest BCUT2D eigenvalue weighted by molar-refractivity contribution is 6.13. The molecule has 0 aromatic heterocycles. The molecular weight excluding hydrogens is 386 g/mol. The van der Waals surface area contributed by atoms with Crippen LogP contribution in [0, 0.1) is 0 Å². The van der Waals surface area contributed by atoms with E-state index in [9.17, 15) is 9.59 Å². The SMILES string of the molecule is CCCNC(=O)c1cc(NC(=O)c2cccc3ccccc23)ccc1N1CCCCC1. The Bertz CT molecular complexity index is 1080. The van der Waals surface area contributed by atoms with Crippen LogP contribution in [0.4, 0.5) is 11.4 Å². The van der Waals surface area contributed by atoms with Crippen molar-refractivity contribution in [1.82, 2.24) is 5.32 Å². The van der Waals surface area contributed by atoms with E-state index in [1.54, 1.807) is 6.07 Å². The Hall–Kier alpha value is -3.34. The molecular formula is C26H29N3O2. The number of hydrogen-bond donors (Lipinski definition) is 2. The van der Waals surface area contributed by atoms with Crippen molar-refractivity contribution in [3.8, 4) is 0 Å². The third kappa shape index (κ3) is 4.71. The van der Waals surface area contributed by atoms with Crippen LogP contribution in [-0.2, 0) is 0 Å². The highest BCUT2D eigenvalue weighted by atomic mass is 16.2. The van der Waals surface area contributed by atoms with Crippen LogP contribution in [0.3, 0.4) is 0 Å². The molecule has 0 spiro atoms. The number of fused-ring (bicyclic) bond motifs is 1. The van der Waals surface area contributed by atoms with Gasteiger partial charge in [0.2, 0.25) is 0 Å². The molecule has 0 atom stereocenters. The summed E-state index contributed by atoms with van der Waals surface area (Å²) < 4.78 is 0. The molecule has 3 aromatic carbocycles. The number of nitrogens with zero attached hydrogens (tertiary/aromatic N) is 1. The van der Waals surface area contributed by atoms with Crippen LogP contribution in [0.1, 0.15) is 53.3 Å². The smallest absolute Gasteiger partial charge is 0.256 e. The summed E-state index contributed by atoms with van der Waals surface area (Å²) in [6.07, 6.45) is 4.38. The van der Waals surface area contributed by atoms with Crippen LogP contribution in [0.2, 0.25) is 0 Å². The molecule has 0 bridgehead atoms. The summed E-state index contributed by atoms with van der Waals surface area (Å²) in [6.45, 7) is 4.57. The average Bonchev–Trinajstić information content (AvgIpc) is 2.82. The highest BCUT2D eigenvalue weighted by Gasteiger charge is 2.20. The maximum atomic E-state index is 13.0. The van der Waals surface area contributed by atoms with E-state index in [2.05, 4.69) is 15.5 Å². The predicted octanol–water partition coefficient (Wildman–Crippen LogP) is 5.22. The predicted molar refractivity (Wildman–Crippen MR) is 127 cm³/mol. The number of benzene rings is 3. The van der Waals surface area contributed by atoms with E-state index in [1.165, 1.54) is 6.42 Å². The number of anilines is 2. The molecule has 0 unspecified atom stereocenters. The van der Waals surface area contributed by atoms with Crippen molar-refractivity contribution in [2.45, 2.75) is 32.6 Å². The third-order valence-corrected chi connectivity index (χ3v) is 5.77. The summed E-state index contributed by atoms with van der Waals surface area (Å²) in [7, 11) is 0. The fraction of sp³-hybridized carbons (Fsp3) is 0.308. The Morgan fingerprint density at radius 1 is 0.871 bits per heavy atom. The minimum absolute atomic E-state index is 0.0938. The Balaban J connectivity index is 1.63. The van der Waals surface area contributed by atoms with E-state index in [0.717, 1.165) is 48.8 Å². The zero-order valence-corrected chi connectivity index (χ0v) is 18.0. The topological polar surface area (TPSA) is 61.4 Å². The molecule has 1 aliphatic rings. The maximum absolute atomic E-state index is 13.0. The van der Waals surface area contributed by atoms with Gasteiger partial charge in [0.25, 0.3) is 11.8 Å². The van der Waals surface area contributed by atoms with Crippen molar-refractivity contribution in [2.24, 2.45) is 0 Å². The Kier molecular flexibility index (Phi) is 6.51. The minimum atomic E-state index is -0.178. The van der Waals surface area contributed by atoms with Gasteiger partial charge in [-0.25, -0.2) is 0 Å². The van der Waals surface area contributed by atoms with Gasteiger partial charge in [0.1, 0.15) is 0 Å². The van der Waals surface area contributed by atoms with Gasteiger partial charge in [0, 0.05) is 36.6 Å². The summed E-state index contributed by atoms with van der Waals surface area (Å²) >= 11 is 0. The van der Waals surface area contributed by atoms with Crippen molar-refractivity contribution < 1.29 is 9.59 Å². The summed E-state index contributed by atoms with van der Waals surface area (Å²) in [5.41, 5.74) is 2.80. The van der Waals surface area contributed by atoms with Crippen molar-refractivity contribution in [3.63, 3.8) is 0 Å². The molecule has 31 heavy (non-hydrogen) atoms. The number of nitrogens with one attached hydrogen (secondary N) is 2. The van der Waals surface area contributed by atoms with E-state index >= 15 is 0 Å². The first-order valence-corrected chi connectivity index (χ1v) is 11.1. The van der Waals surface area contributed by atoms with E-state index in [1.807, 2.05) is 61.5 Å². The molecule has 160 valence electrons. The molecule has 1 aliphatic heterocycles. The summed E-state index contributed by atoms with van der Waals surface area (Å²) in [4.78, 5) is 28.2. The molecule has 1 saturated heterocycles. The lowest BCUT2D eigenvalue weighted by molar-refractivity contribution is 0.0952. The van der Waals surface area contributed by atoms with Crippen molar-refractivity contribution >= 4 is 34.0 Å². The van der Waals surface area contributed by atoms with Crippen LogP contribution in [-0.4, -0.2) is 31.4 Å². The molecule has 2 amide bonds. The van der Waals surface area contributed by atoms with Gasteiger partial charge < -0.3 is 15.5 Å². The fourth-order valence-electron chi connectivity index (χ4n) is 4.16. The van der Waals surface area contributed by atoms with Gasteiger partial charge >= 0.3 is 0 Å². The van der Waals surface area contributed by atoms with Gasteiger partial charge in [-0.3, -0.25) is 9.59 Å². The first-order chi connectivity index (χ1) is 15.2. The molecule has 0 aliphatic carbocycles. The monoisotopic (exact) mass is 415 g/mol. The van der Waals surface area contributed by atoms with Crippen molar-refractivity contribution in [3.05, 3.63) is 71.8 Å². The number of carbonyl (C=O) groups is 2. The lowest BCUT2D eigenvalue weighted by Gasteiger charge is -2.30. The molecule has 5 nitrogen and oxygen atoms in total. The average molecular weight is 416 g/mol. The standard InChI is InChI=1S/C26H29N3O2/c1-2-15-27-25(30)23-18-20(13-14-24(23)29-16-6-3-7-17-29)28-26(31)22-12-8-10-19-9-4-5-11-21(19)22/h4-5,8-14,18H,2-3,6-7,15-17H2,1H3,(H,27,30)(H,28,31). The van der Waals surface area contributed by atoms with Gasteiger partial charge in [-0.05, 0) is 60.7 Å². The second-order valence-corrected chi connectivity index (χ2v) is 8.02. The third-order valence-electron chi connectivity index (χ3n) is 5.77. The highest BCUT2D eigenvalue weighted by Crippen LogP contribution is 2.28. The number of rotatable bonds is 6. The van der Waals surface area contributed by atoms with Crippen LogP contribution < -0.4 is 15.5 Å². The molecule has 1 heterocycles. The quantitative estimate of drug-likeness (QED) is 0.580. The Morgan fingerprint density at radius 2 is 1.65 bits per heavy atom. The van der Waals surface area contributed by atoms with Crippen LogP contribution in [0.25, 0.3) is 10.8 Å². The summed E-state index contributed by atoms with van der Waals surface area (Å²) in [5, 5.41) is 7.91. The van der Waals surface area contributed by atoms with E-state index in [4.69, 9.17) is 0 Å². The number of piperidine rings is 1. The largest absolute Gasteiger partial charge is 0.371 e. The maximum Gasteiger partial charge on any atom is 0.256 e. The molecule has 0 radical (unpaired) electrons. The van der Waals surface area contributed by atoms with E-state index in [0.29, 0.717) is 23.4 Å². The van der Waals surface area contributed by atoms with Gasteiger partial charge in [0.05, 0.1) is 5.56 Å². The number of hydrogen-bond acceptors (Lipinski definition) is 3. The first kappa shape index (κ1) is 20.9. The first-order valence-electron chi connectivity index (χ1n) is 11.1. The minimum Gasteiger partial charge on any atom is -0.371 e. The Morgan fingerprint density at radius 3 is 2.45 bits per heavy atom. The molecule has 5 heteroatoms. The van der Waals surface area contributed by atoms with E-state index in [-0.39, 0.29) is 11.8 Å². The molecule has 2 N–H and O–H groups in total. The molecule has 0 saturated carbocycles. The van der Waals surface area contributed by atoms with Gasteiger partial charge in [-0.1, -0.05) is 43.3 Å². The van der Waals surface area contributed by atoms with Crippen LogP contribution in [0.5, 0.6) is 0 Å². The van der Waals surface area contributed by atoms with E-state index < -0.39 is 0 Å². The zero-order chi connectivity index (χ0) is 21.6. The fourth-order valence-corrected chi connectivity index (χ4v) is 4.16. The van der Waals surface area contributed by atoms with Gasteiger partial charge in [0.15, 0.2) is 0 Å². The zero-order valence-electron chi connectivity index (χ0n) is 18.0. The number of carbonyl (C=O) groups excluding carboxylic acids is 2. The van der Waals surface area contributed by atoms with Crippen LogP contribution >= 0.6 is 0 Å². The van der Waals surface area contributed by atoms with Gasteiger partial charge in [-0.15, -0.1) is 0 Å². The molecule has 4 rings (SSSR count). The lowest BCUT2D eigenvalue weighted by atomic mass is 10.0. The summed E-state index contributed by atoms with van der Waals surface area (Å²) in [6, 6.07) is 19.2. The van der Waals surface area contributed by atoms with Crippen LogP contribution in [0.15, 0.2) is 60.7 Å². The number of amides is 2. The second kappa shape index (κ2) is 9.65. The summed E-state index contributed by atoms with van der Waals surface area (Å²) in [5.74, 6) is -0.272. The normalized spacial score (nSPS) is 13.8. The van der Waals surface area contributed by atoms with Crippen molar-refractivity contribution in [2.75, 3.05) is 29.9 Å².